The molecule has 1 aliphatic carbocycles. The summed E-state index contributed by atoms with van der Waals surface area (Å²) in [5.41, 5.74) is 0. The number of hydrogen-bond acceptors (Lipinski definition) is 0. The summed E-state index contributed by atoms with van der Waals surface area (Å²) in [7, 11) is 0. The van der Waals surface area contributed by atoms with Gasteiger partial charge in [0.25, 0.3) is 0 Å². The molecule has 0 N–H and O–H groups in total. The number of rotatable bonds is 2. The molecule has 0 aliphatic heterocycles. The van der Waals surface area contributed by atoms with Crippen molar-refractivity contribution in [2.45, 2.75) is 51.9 Å². The molecular weight excluding hydrogens is 132 g/mol. The van der Waals surface area contributed by atoms with Crippen molar-refractivity contribution in [3.8, 4) is 0 Å². The van der Waals surface area contributed by atoms with Gasteiger partial charge in [0.15, 0.2) is 0 Å². The van der Waals surface area contributed by atoms with Crippen LogP contribution in [-0.2, 0) is 0 Å². The molecule has 0 spiro atoms. The first-order valence-electron chi connectivity index (χ1n) is 5.08. The molecular formula is C11H20. The molecule has 1 rings (SSSR count). The fraction of sp³-hybridized carbons (Fsp3) is 0.818. The van der Waals surface area contributed by atoms with Gasteiger partial charge in [-0.15, -0.1) is 0 Å². The van der Waals surface area contributed by atoms with Gasteiger partial charge in [-0.3, -0.25) is 0 Å². The molecule has 0 heterocycles. The van der Waals surface area contributed by atoms with E-state index in [1.54, 1.807) is 0 Å². The summed E-state index contributed by atoms with van der Waals surface area (Å²) in [6.45, 7) is 2.29. The second-order valence-corrected chi connectivity index (χ2v) is 3.65. The third-order valence-corrected chi connectivity index (χ3v) is 2.57. The highest BCUT2D eigenvalue weighted by atomic mass is 14.1. The van der Waals surface area contributed by atoms with Crippen molar-refractivity contribution in [2.24, 2.45) is 5.92 Å². The first-order chi connectivity index (χ1) is 5.43. The van der Waals surface area contributed by atoms with E-state index in [0.717, 1.165) is 5.92 Å². The monoisotopic (exact) mass is 152 g/mol. The van der Waals surface area contributed by atoms with Gasteiger partial charge in [0.1, 0.15) is 0 Å². The van der Waals surface area contributed by atoms with E-state index in [1.807, 2.05) is 0 Å². The minimum atomic E-state index is 0.997. The summed E-state index contributed by atoms with van der Waals surface area (Å²) in [4.78, 5) is 0. The summed E-state index contributed by atoms with van der Waals surface area (Å²) < 4.78 is 0. The Hall–Kier alpha value is -0.260. The molecule has 0 saturated heterocycles. The number of hydrogen-bond donors (Lipinski definition) is 0. The Bertz CT molecular complexity index is 113. The maximum Gasteiger partial charge on any atom is -0.0322 e. The molecule has 11 heavy (non-hydrogen) atoms. The van der Waals surface area contributed by atoms with Gasteiger partial charge in [-0.1, -0.05) is 44.8 Å². The molecule has 0 aromatic heterocycles. The quantitative estimate of drug-likeness (QED) is 0.526. The molecule has 0 aromatic rings. The van der Waals surface area contributed by atoms with Crippen LogP contribution in [0.3, 0.4) is 0 Å². The van der Waals surface area contributed by atoms with E-state index < -0.39 is 0 Å². The van der Waals surface area contributed by atoms with Crippen LogP contribution >= 0.6 is 0 Å². The Labute approximate surface area is 70.7 Å². The summed E-state index contributed by atoms with van der Waals surface area (Å²) >= 11 is 0. The maximum absolute atomic E-state index is 2.39. The molecule has 1 aliphatic rings. The highest BCUT2D eigenvalue weighted by Gasteiger charge is 2.06. The third-order valence-electron chi connectivity index (χ3n) is 2.57. The van der Waals surface area contributed by atoms with Crippen LogP contribution in [-0.4, -0.2) is 0 Å². The van der Waals surface area contributed by atoms with Crippen molar-refractivity contribution in [1.82, 2.24) is 0 Å². The first kappa shape index (κ1) is 8.83. The molecule has 64 valence electrons. The maximum atomic E-state index is 2.39. The SMILES string of the molecule is CCCC1C/C=C\CCCC1. The molecule has 0 radical (unpaired) electrons. The van der Waals surface area contributed by atoms with E-state index in [9.17, 15) is 0 Å². The molecule has 0 amide bonds. The fourth-order valence-electron chi connectivity index (χ4n) is 1.89. The zero-order valence-electron chi connectivity index (χ0n) is 7.68. The standard InChI is InChI=1S/C11H20/c1-2-8-11-9-6-4-3-5-7-10-11/h4,6,11H,2-3,5,7-10H2,1H3/b6-4-. The molecule has 0 bridgehead atoms. The average Bonchev–Trinajstić information content (AvgIpc) is 1.94. The predicted molar refractivity (Wildman–Crippen MR) is 50.6 cm³/mol. The Morgan fingerprint density at radius 1 is 1.27 bits per heavy atom. The lowest BCUT2D eigenvalue weighted by Crippen LogP contribution is -2.00. The minimum absolute atomic E-state index is 0.997. The van der Waals surface area contributed by atoms with Crippen LogP contribution in [0.4, 0.5) is 0 Å². The highest BCUT2D eigenvalue weighted by Crippen LogP contribution is 2.21. The predicted octanol–water partition coefficient (Wildman–Crippen LogP) is 3.92. The van der Waals surface area contributed by atoms with Crippen LogP contribution in [0.1, 0.15) is 51.9 Å². The smallest absolute Gasteiger partial charge is 0.0322 e. The zero-order chi connectivity index (χ0) is 7.94. The van der Waals surface area contributed by atoms with Gasteiger partial charge in [0.2, 0.25) is 0 Å². The van der Waals surface area contributed by atoms with Gasteiger partial charge < -0.3 is 0 Å². The van der Waals surface area contributed by atoms with E-state index in [0.29, 0.717) is 0 Å². The Balaban J connectivity index is 2.26. The van der Waals surface area contributed by atoms with Crippen molar-refractivity contribution in [1.29, 1.82) is 0 Å². The summed E-state index contributed by atoms with van der Waals surface area (Å²) in [5.74, 6) is 0.997. The lowest BCUT2D eigenvalue weighted by Gasteiger charge is -2.15. The van der Waals surface area contributed by atoms with E-state index in [1.165, 1.54) is 44.9 Å². The van der Waals surface area contributed by atoms with Crippen LogP contribution in [0, 0.1) is 5.92 Å². The van der Waals surface area contributed by atoms with Crippen LogP contribution in [0.25, 0.3) is 0 Å². The summed E-state index contributed by atoms with van der Waals surface area (Å²) in [5, 5.41) is 0. The van der Waals surface area contributed by atoms with Gasteiger partial charge in [0.05, 0.1) is 0 Å². The lowest BCUT2D eigenvalue weighted by atomic mass is 9.91. The van der Waals surface area contributed by atoms with Gasteiger partial charge in [0, 0.05) is 0 Å². The van der Waals surface area contributed by atoms with Crippen molar-refractivity contribution in [3.05, 3.63) is 12.2 Å². The van der Waals surface area contributed by atoms with Crippen molar-refractivity contribution in [2.75, 3.05) is 0 Å². The van der Waals surface area contributed by atoms with E-state index in [4.69, 9.17) is 0 Å². The lowest BCUT2D eigenvalue weighted by molar-refractivity contribution is 0.424. The van der Waals surface area contributed by atoms with Gasteiger partial charge >= 0.3 is 0 Å². The fourth-order valence-corrected chi connectivity index (χ4v) is 1.89. The van der Waals surface area contributed by atoms with Crippen molar-refractivity contribution in [3.63, 3.8) is 0 Å². The van der Waals surface area contributed by atoms with Gasteiger partial charge in [-0.25, -0.2) is 0 Å². The molecule has 0 heteroatoms. The second kappa shape index (κ2) is 5.40. The minimum Gasteiger partial charge on any atom is -0.0885 e. The Morgan fingerprint density at radius 2 is 2.18 bits per heavy atom. The van der Waals surface area contributed by atoms with Crippen LogP contribution in [0.2, 0.25) is 0 Å². The topological polar surface area (TPSA) is 0 Å². The van der Waals surface area contributed by atoms with Crippen LogP contribution in [0.5, 0.6) is 0 Å². The molecule has 0 saturated carbocycles. The van der Waals surface area contributed by atoms with Crippen molar-refractivity contribution >= 4 is 0 Å². The normalized spacial score (nSPS) is 29.0. The Morgan fingerprint density at radius 3 is 3.00 bits per heavy atom. The van der Waals surface area contributed by atoms with Gasteiger partial charge in [-0.05, 0) is 25.2 Å². The average molecular weight is 152 g/mol. The number of allylic oxidation sites excluding steroid dienone is 2. The molecule has 1 unspecified atom stereocenters. The van der Waals surface area contributed by atoms with E-state index in [2.05, 4.69) is 19.1 Å². The summed E-state index contributed by atoms with van der Waals surface area (Å²) in [6.07, 6.45) is 14.5. The first-order valence-corrected chi connectivity index (χ1v) is 5.08. The molecule has 0 aromatic carbocycles. The summed E-state index contributed by atoms with van der Waals surface area (Å²) in [6, 6.07) is 0. The largest absolute Gasteiger partial charge is 0.0885 e. The van der Waals surface area contributed by atoms with Crippen molar-refractivity contribution < 1.29 is 0 Å². The van der Waals surface area contributed by atoms with Crippen LogP contribution in [0.15, 0.2) is 12.2 Å². The third kappa shape index (κ3) is 3.60. The molecule has 0 nitrogen and oxygen atoms in total. The second-order valence-electron chi connectivity index (χ2n) is 3.65. The Kier molecular flexibility index (Phi) is 4.33. The van der Waals surface area contributed by atoms with Gasteiger partial charge in [-0.2, -0.15) is 0 Å². The van der Waals surface area contributed by atoms with E-state index in [-0.39, 0.29) is 0 Å². The zero-order valence-corrected chi connectivity index (χ0v) is 7.68. The molecule has 0 fully saturated rings. The molecule has 1 atom stereocenters. The van der Waals surface area contributed by atoms with Crippen LogP contribution < -0.4 is 0 Å². The van der Waals surface area contributed by atoms with E-state index >= 15 is 0 Å². The highest BCUT2D eigenvalue weighted by molar-refractivity contribution is 4.85.